The van der Waals surface area contributed by atoms with Crippen molar-refractivity contribution < 1.29 is 9.90 Å². The number of anilines is 1. The monoisotopic (exact) mass is 501 g/mol. The standard InChI is InChI=1S/C26H31N9O2/c1-17(2)22-15-33(12-11-32-9-7-20(36)14-32)26(37)35(22)23-8-10-34-25(30-23)21(13-29-34)18-3-5-19(6-4-18)24-27-16-28-31-24/h3-6,8,10,13,16-17,20,22,36H,7,9,11-12,14-15H2,1-2H3,(H,27,28,31). The smallest absolute Gasteiger partial charge is 0.326 e. The number of urea groups is 1. The number of nitrogens with zero attached hydrogens (tertiary/aromatic N) is 8. The molecule has 2 saturated heterocycles. The van der Waals surface area contributed by atoms with E-state index in [1.54, 1.807) is 10.7 Å². The van der Waals surface area contributed by atoms with E-state index in [1.165, 1.54) is 6.33 Å². The van der Waals surface area contributed by atoms with Crippen LogP contribution in [0.15, 0.2) is 49.1 Å². The second-order valence-electron chi connectivity index (χ2n) is 10.2. The van der Waals surface area contributed by atoms with Gasteiger partial charge in [0.2, 0.25) is 0 Å². The van der Waals surface area contributed by atoms with Crippen LogP contribution in [0.1, 0.15) is 20.3 Å². The molecule has 2 aliphatic rings. The van der Waals surface area contributed by atoms with Crippen molar-refractivity contribution in [1.82, 2.24) is 39.6 Å². The van der Waals surface area contributed by atoms with Crippen LogP contribution < -0.4 is 4.90 Å². The van der Waals surface area contributed by atoms with Crippen molar-refractivity contribution in [2.45, 2.75) is 32.4 Å². The molecule has 2 unspecified atom stereocenters. The lowest BCUT2D eigenvalue weighted by Crippen LogP contribution is -2.39. The van der Waals surface area contributed by atoms with Crippen molar-refractivity contribution in [2.75, 3.05) is 37.6 Å². The van der Waals surface area contributed by atoms with Gasteiger partial charge < -0.3 is 10.0 Å². The second kappa shape index (κ2) is 9.56. The minimum atomic E-state index is -0.256. The molecule has 11 heteroatoms. The van der Waals surface area contributed by atoms with Crippen LogP contribution in [0.3, 0.4) is 0 Å². The fraction of sp³-hybridized carbons (Fsp3) is 0.423. The molecule has 0 saturated carbocycles. The molecule has 3 aromatic heterocycles. The number of aliphatic hydroxyl groups is 1. The lowest BCUT2D eigenvalue weighted by atomic mass is 10.0. The number of hydrogen-bond donors (Lipinski definition) is 2. The molecule has 2 atom stereocenters. The normalized spacial score (nSPS) is 20.7. The number of amides is 2. The third kappa shape index (κ3) is 4.44. The first-order valence-electron chi connectivity index (χ1n) is 12.8. The number of aromatic nitrogens is 6. The molecule has 192 valence electrons. The molecule has 6 rings (SSSR count). The molecule has 37 heavy (non-hydrogen) atoms. The molecule has 0 aliphatic carbocycles. The fourth-order valence-electron chi connectivity index (χ4n) is 5.27. The van der Waals surface area contributed by atoms with E-state index in [9.17, 15) is 9.90 Å². The summed E-state index contributed by atoms with van der Waals surface area (Å²) in [7, 11) is 0. The van der Waals surface area contributed by atoms with Gasteiger partial charge in [-0.05, 0) is 24.0 Å². The summed E-state index contributed by atoms with van der Waals surface area (Å²) in [5.74, 6) is 1.62. The van der Waals surface area contributed by atoms with Crippen LogP contribution in [0.5, 0.6) is 0 Å². The summed E-state index contributed by atoms with van der Waals surface area (Å²) in [6.45, 7) is 7.92. The largest absolute Gasteiger partial charge is 0.392 e. The maximum atomic E-state index is 13.6. The highest BCUT2D eigenvalue weighted by molar-refractivity contribution is 5.94. The average Bonchev–Trinajstić information content (AvgIpc) is 3.70. The van der Waals surface area contributed by atoms with Crippen molar-refractivity contribution in [3.05, 3.63) is 49.1 Å². The zero-order valence-corrected chi connectivity index (χ0v) is 21.0. The number of hydrogen-bond acceptors (Lipinski definition) is 7. The third-order valence-corrected chi connectivity index (χ3v) is 7.40. The van der Waals surface area contributed by atoms with Crippen LogP contribution >= 0.6 is 0 Å². The molecule has 2 aliphatic heterocycles. The summed E-state index contributed by atoms with van der Waals surface area (Å²) in [6, 6.07) is 9.87. The van der Waals surface area contributed by atoms with E-state index in [0.717, 1.165) is 36.2 Å². The highest BCUT2D eigenvalue weighted by Crippen LogP contribution is 2.31. The number of likely N-dealkylation sites (tertiary alicyclic amines) is 1. The number of fused-ring (bicyclic) bond motifs is 1. The average molecular weight is 502 g/mol. The van der Waals surface area contributed by atoms with Crippen molar-refractivity contribution in [3.63, 3.8) is 0 Å². The number of aromatic amines is 1. The summed E-state index contributed by atoms with van der Waals surface area (Å²) in [4.78, 5) is 28.7. The van der Waals surface area contributed by atoms with E-state index >= 15 is 0 Å². The molecular formula is C26H31N9O2. The topological polar surface area (TPSA) is 119 Å². The molecule has 5 heterocycles. The van der Waals surface area contributed by atoms with Gasteiger partial charge in [0, 0.05) is 50.0 Å². The quantitative estimate of drug-likeness (QED) is 0.399. The van der Waals surface area contributed by atoms with E-state index in [-0.39, 0.29) is 24.1 Å². The van der Waals surface area contributed by atoms with E-state index in [2.05, 4.69) is 39.0 Å². The van der Waals surface area contributed by atoms with E-state index in [1.807, 2.05) is 46.3 Å². The van der Waals surface area contributed by atoms with Crippen molar-refractivity contribution in [2.24, 2.45) is 5.92 Å². The number of β-amino-alcohol motifs (C(OH)–C–C–N with tert-alkyl or cyclic N) is 1. The Morgan fingerprint density at radius 3 is 2.62 bits per heavy atom. The van der Waals surface area contributed by atoms with Gasteiger partial charge in [-0.3, -0.25) is 14.9 Å². The van der Waals surface area contributed by atoms with E-state index < -0.39 is 0 Å². The maximum Gasteiger partial charge on any atom is 0.326 e. The number of rotatable bonds is 7. The van der Waals surface area contributed by atoms with Crippen molar-refractivity contribution in [3.8, 4) is 22.5 Å². The highest BCUT2D eigenvalue weighted by Gasteiger charge is 2.40. The van der Waals surface area contributed by atoms with Gasteiger partial charge in [0.15, 0.2) is 11.5 Å². The van der Waals surface area contributed by atoms with Gasteiger partial charge in [0.25, 0.3) is 0 Å². The number of H-pyrrole nitrogens is 1. The van der Waals surface area contributed by atoms with Gasteiger partial charge in [-0.2, -0.15) is 10.2 Å². The lowest BCUT2D eigenvalue weighted by Gasteiger charge is -2.25. The van der Waals surface area contributed by atoms with Gasteiger partial charge in [0.1, 0.15) is 12.1 Å². The Morgan fingerprint density at radius 1 is 1.11 bits per heavy atom. The molecule has 0 bridgehead atoms. The summed E-state index contributed by atoms with van der Waals surface area (Å²) in [5.41, 5.74) is 3.51. The molecule has 4 aromatic rings. The fourth-order valence-corrected chi connectivity index (χ4v) is 5.27. The van der Waals surface area contributed by atoms with Gasteiger partial charge in [0.05, 0.1) is 18.3 Å². The molecule has 0 spiro atoms. The second-order valence-corrected chi connectivity index (χ2v) is 10.2. The zero-order valence-electron chi connectivity index (χ0n) is 21.0. The molecule has 2 amide bonds. The molecule has 1 aromatic carbocycles. The summed E-state index contributed by atoms with van der Waals surface area (Å²) < 4.78 is 1.74. The Bertz CT molecular complexity index is 1380. The Kier molecular flexibility index (Phi) is 6.09. The first kappa shape index (κ1) is 23.6. The van der Waals surface area contributed by atoms with Crippen LogP contribution in [0.2, 0.25) is 0 Å². The summed E-state index contributed by atoms with van der Waals surface area (Å²) in [5, 5.41) is 21.1. The molecule has 0 radical (unpaired) electrons. The Hall–Kier alpha value is -3.83. The molecule has 2 N–H and O–H groups in total. The van der Waals surface area contributed by atoms with Crippen LogP contribution in [0.25, 0.3) is 28.2 Å². The van der Waals surface area contributed by atoms with Crippen molar-refractivity contribution >= 4 is 17.5 Å². The number of nitrogens with one attached hydrogen (secondary N) is 1. The number of carbonyl (C=O) groups is 1. The molecule has 2 fully saturated rings. The van der Waals surface area contributed by atoms with Gasteiger partial charge in [-0.15, -0.1) is 0 Å². The first-order valence-corrected chi connectivity index (χ1v) is 12.8. The van der Waals surface area contributed by atoms with Crippen LogP contribution in [0.4, 0.5) is 10.6 Å². The minimum absolute atomic E-state index is 0.0206. The van der Waals surface area contributed by atoms with Crippen molar-refractivity contribution in [1.29, 1.82) is 0 Å². The number of carbonyl (C=O) groups excluding carboxylic acids is 1. The summed E-state index contributed by atoms with van der Waals surface area (Å²) in [6.07, 6.45) is 5.70. The first-order chi connectivity index (χ1) is 18.0. The predicted octanol–water partition coefficient (Wildman–Crippen LogP) is 2.51. The lowest BCUT2D eigenvalue weighted by molar-refractivity contribution is 0.170. The van der Waals surface area contributed by atoms with E-state index in [4.69, 9.17) is 4.98 Å². The molecule has 11 nitrogen and oxygen atoms in total. The Labute approximate surface area is 214 Å². The minimum Gasteiger partial charge on any atom is -0.392 e. The van der Waals surface area contributed by atoms with Gasteiger partial charge >= 0.3 is 6.03 Å². The van der Waals surface area contributed by atoms with Crippen LogP contribution in [-0.4, -0.2) is 95.6 Å². The highest BCUT2D eigenvalue weighted by atomic mass is 16.3. The zero-order chi connectivity index (χ0) is 25.5. The van der Waals surface area contributed by atoms with Gasteiger partial charge in [-0.1, -0.05) is 38.1 Å². The van der Waals surface area contributed by atoms with Crippen LogP contribution in [-0.2, 0) is 0 Å². The third-order valence-electron chi connectivity index (χ3n) is 7.40. The predicted molar refractivity (Wildman–Crippen MR) is 139 cm³/mol. The Morgan fingerprint density at radius 2 is 1.92 bits per heavy atom. The Balaban J connectivity index is 1.27. The SMILES string of the molecule is CC(C)C1CN(CCN2CCC(O)C2)C(=O)N1c1ccn2ncc(-c3ccc(-c4ncn[nH]4)cc3)c2n1. The number of benzene rings is 1. The molecular weight excluding hydrogens is 470 g/mol. The summed E-state index contributed by atoms with van der Waals surface area (Å²) >= 11 is 0. The van der Waals surface area contributed by atoms with Crippen LogP contribution in [0, 0.1) is 5.92 Å². The van der Waals surface area contributed by atoms with Gasteiger partial charge in [-0.25, -0.2) is 19.3 Å². The number of aliphatic hydroxyl groups excluding tert-OH is 1. The van der Waals surface area contributed by atoms with E-state index in [0.29, 0.717) is 36.9 Å². The maximum absolute atomic E-state index is 13.6.